The number of phenolic OH excluding ortho intramolecular Hbond substituents is 1. The first-order valence-electron chi connectivity index (χ1n) is 9.10. The second-order valence-corrected chi connectivity index (χ2v) is 8.29. The molecule has 146 valence electrons. The second kappa shape index (κ2) is 6.87. The van der Waals surface area contributed by atoms with Crippen LogP contribution >= 0.6 is 0 Å². The molecule has 3 rings (SSSR count). The number of aliphatic hydroxyl groups is 1. The average molecular weight is 379 g/mol. The molecular formula is C22H25N3O3. The molecule has 0 saturated heterocycles. The predicted octanol–water partition coefficient (Wildman–Crippen LogP) is 3.47. The Kier molecular flexibility index (Phi) is 4.85. The van der Waals surface area contributed by atoms with Crippen LogP contribution in [0.25, 0.3) is 16.7 Å². The van der Waals surface area contributed by atoms with Gasteiger partial charge in [0.15, 0.2) is 5.78 Å². The molecule has 3 aromatic rings. The number of carbonyl (C=O) groups excluding carboxylic acids is 1. The van der Waals surface area contributed by atoms with E-state index >= 15 is 0 Å². The zero-order chi connectivity index (χ0) is 20.7. The minimum atomic E-state index is -1.57. The first-order chi connectivity index (χ1) is 13.0. The molecule has 28 heavy (non-hydrogen) atoms. The van der Waals surface area contributed by atoms with Gasteiger partial charge in [-0.15, -0.1) is 15.0 Å². The van der Waals surface area contributed by atoms with E-state index in [-0.39, 0.29) is 17.6 Å². The Hall–Kier alpha value is -2.99. The van der Waals surface area contributed by atoms with Gasteiger partial charge in [-0.3, -0.25) is 4.79 Å². The molecule has 0 aliphatic heterocycles. The van der Waals surface area contributed by atoms with Crippen LogP contribution in [0.15, 0.2) is 49.1 Å². The van der Waals surface area contributed by atoms with Crippen LogP contribution in [0, 0.1) is 0 Å². The largest absolute Gasteiger partial charge is 0.506 e. The lowest BCUT2D eigenvalue weighted by atomic mass is 9.87. The molecule has 6 heteroatoms. The van der Waals surface area contributed by atoms with Gasteiger partial charge < -0.3 is 10.2 Å². The van der Waals surface area contributed by atoms with E-state index in [2.05, 4.69) is 37.5 Å². The van der Waals surface area contributed by atoms with Gasteiger partial charge in [0.2, 0.25) is 0 Å². The molecule has 0 aliphatic carbocycles. The Bertz CT molecular complexity index is 1060. The molecule has 0 amide bonds. The number of carbonyl (C=O) groups is 1. The van der Waals surface area contributed by atoms with E-state index in [9.17, 15) is 15.0 Å². The Morgan fingerprint density at radius 3 is 2.43 bits per heavy atom. The molecule has 0 fully saturated rings. The van der Waals surface area contributed by atoms with E-state index < -0.39 is 11.4 Å². The number of hydrogen-bond acceptors (Lipinski definition) is 5. The number of aromatic nitrogens is 3. The van der Waals surface area contributed by atoms with Crippen LogP contribution in [0.5, 0.6) is 5.75 Å². The molecule has 0 aliphatic rings. The number of aromatic hydroxyl groups is 1. The summed E-state index contributed by atoms with van der Waals surface area (Å²) in [7, 11) is 0. The van der Waals surface area contributed by atoms with Gasteiger partial charge in [0.1, 0.15) is 28.1 Å². The Balaban J connectivity index is 2.01. The fourth-order valence-electron chi connectivity index (χ4n) is 3.03. The number of ketones is 1. The summed E-state index contributed by atoms with van der Waals surface area (Å²) in [4.78, 5) is 13.2. The van der Waals surface area contributed by atoms with Crippen molar-refractivity contribution >= 4 is 16.8 Å². The lowest BCUT2D eigenvalue weighted by Gasteiger charge is -2.20. The summed E-state index contributed by atoms with van der Waals surface area (Å²) in [5.74, 6) is -0.449. The molecule has 6 nitrogen and oxygen atoms in total. The average Bonchev–Trinajstić information content (AvgIpc) is 3.04. The van der Waals surface area contributed by atoms with Crippen LogP contribution in [0.3, 0.4) is 0 Å². The first kappa shape index (κ1) is 19.8. The third-order valence-corrected chi connectivity index (χ3v) is 4.77. The molecule has 1 atom stereocenters. The van der Waals surface area contributed by atoms with Crippen molar-refractivity contribution in [3.05, 3.63) is 60.2 Å². The standard InChI is InChI=1S/C22H25N3O3/c1-6-20(27)22(5,28)13-14-7-10-19(26)18(11-14)25-23-16-9-8-15(21(2,3)4)12-17(16)24-25/h6-12,26,28H,1,13H2,2-5H3. The smallest absolute Gasteiger partial charge is 0.186 e. The molecule has 0 bridgehead atoms. The highest BCUT2D eigenvalue weighted by Gasteiger charge is 2.28. The highest BCUT2D eigenvalue weighted by atomic mass is 16.3. The summed E-state index contributed by atoms with van der Waals surface area (Å²) in [6.45, 7) is 11.3. The van der Waals surface area contributed by atoms with Gasteiger partial charge in [-0.1, -0.05) is 39.5 Å². The van der Waals surface area contributed by atoms with Gasteiger partial charge in [0, 0.05) is 6.42 Å². The maximum Gasteiger partial charge on any atom is 0.186 e. The molecule has 1 heterocycles. The van der Waals surface area contributed by atoms with E-state index in [1.54, 1.807) is 12.1 Å². The normalized spacial score (nSPS) is 14.0. The molecular weight excluding hydrogens is 354 g/mol. The first-order valence-corrected chi connectivity index (χ1v) is 9.10. The van der Waals surface area contributed by atoms with Crippen molar-refractivity contribution in [2.24, 2.45) is 0 Å². The maximum absolute atomic E-state index is 11.8. The zero-order valence-electron chi connectivity index (χ0n) is 16.6. The SMILES string of the molecule is C=CC(=O)C(C)(O)Cc1ccc(O)c(-n2nc3ccc(C(C)(C)C)cc3n2)c1. The molecule has 1 unspecified atom stereocenters. The highest BCUT2D eigenvalue weighted by molar-refractivity contribution is 5.96. The van der Waals surface area contributed by atoms with Crippen molar-refractivity contribution in [2.45, 2.75) is 45.1 Å². The Morgan fingerprint density at radius 1 is 1.11 bits per heavy atom. The van der Waals surface area contributed by atoms with Crippen LogP contribution in [-0.4, -0.2) is 36.6 Å². The summed E-state index contributed by atoms with van der Waals surface area (Å²) in [5, 5.41) is 29.6. The van der Waals surface area contributed by atoms with Gasteiger partial charge in [0.05, 0.1) is 0 Å². The summed E-state index contributed by atoms with van der Waals surface area (Å²) in [6.07, 6.45) is 1.19. The molecule has 2 N–H and O–H groups in total. The van der Waals surface area contributed by atoms with Gasteiger partial charge >= 0.3 is 0 Å². The van der Waals surface area contributed by atoms with E-state index in [1.165, 1.54) is 17.8 Å². The topological polar surface area (TPSA) is 88.2 Å². The van der Waals surface area contributed by atoms with E-state index in [4.69, 9.17) is 0 Å². The third kappa shape index (κ3) is 3.82. The predicted molar refractivity (Wildman–Crippen MR) is 109 cm³/mol. The maximum atomic E-state index is 11.8. The molecule has 0 spiro atoms. The quantitative estimate of drug-likeness (QED) is 0.663. The highest BCUT2D eigenvalue weighted by Crippen LogP contribution is 2.28. The van der Waals surface area contributed by atoms with Crippen LogP contribution in [0.1, 0.15) is 38.8 Å². The fourth-order valence-corrected chi connectivity index (χ4v) is 3.03. The lowest BCUT2D eigenvalue weighted by molar-refractivity contribution is -0.130. The van der Waals surface area contributed by atoms with E-state index in [0.717, 1.165) is 17.2 Å². The van der Waals surface area contributed by atoms with Gasteiger partial charge in [-0.05, 0) is 53.8 Å². The number of nitrogens with zero attached hydrogens (tertiary/aromatic N) is 3. The Morgan fingerprint density at radius 2 is 1.79 bits per heavy atom. The summed E-state index contributed by atoms with van der Waals surface area (Å²) < 4.78 is 0. The van der Waals surface area contributed by atoms with E-state index in [1.807, 2.05) is 18.2 Å². The number of hydrogen-bond donors (Lipinski definition) is 2. The lowest BCUT2D eigenvalue weighted by Crippen LogP contribution is -2.36. The number of rotatable bonds is 5. The molecule has 1 aromatic heterocycles. The van der Waals surface area contributed by atoms with Crippen LogP contribution in [0.2, 0.25) is 0 Å². The summed E-state index contributed by atoms with van der Waals surface area (Å²) in [6, 6.07) is 10.8. The minimum absolute atomic E-state index is 0.00907. The molecule has 0 saturated carbocycles. The van der Waals surface area contributed by atoms with E-state index in [0.29, 0.717) is 16.8 Å². The molecule has 0 radical (unpaired) electrons. The summed E-state index contributed by atoms with van der Waals surface area (Å²) >= 11 is 0. The van der Waals surface area contributed by atoms with Gasteiger partial charge in [0.25, 0.3) is 0 Å². The van der Waals surface area contributed by atoms with Crippen molar-refractivity contribution in [3.63, 3.8) is 0 Å². The zero-order valence-corrected chi connectivity index (χ0v) is 16.6. The minimum Gasteiger partial charge on any atom is -0.506 e. The van der Waals surface area contributed by atoms with Gasteiger partial charge in [-0.25, -0.2) is 0 Å². The molecule has 2 aromatic carbocycles. The van der Waals surface area contributed by atoms with Crippen LogP contribution < -0.4 is 0 Å². The second-order valence-electron chi connectivity index (χ2n) is 8.29. The van der Waals surface area contributed by atoms with Crippen molar-refractivity contribution in [1.29, 1.82) is 0 Å². The van der Waals surface area contributed by atoms with Crippen LogP contribution in [0.4, 0.5) is 0 Å². The number of fused-ring (bicyclic) bond motifs is 1. The van der Waals surface area contributed by atoms with Crippen molar-refractivity contribution < 1.29 is 15.0 Å². The third-order valence-electron chi connectivity index (χ3n) is 4.77. The monoisotopic (exact) mass is 379 g/mol. The number of phenols is 1. The van der Waals surface area contributed by atoms with Crippen molar-refractivity contribution in [2.75, 3.05) is 0 Å². The number of benzene rings is 2. The fraction of sp³-hybridized carbons (Fsp3) is 0.318. The van der Waals surface area contributed by atoms with Crippen molar-refractivity contribution in [3.8, 4) is 11.4 Å². The van der Waals surface area contributed by atoms with Crippen LogP contribution in [-0.2, 0) is 16.6 Å². The van der Waals surface area contributed by atoms with Gasteiger partial charge in [-0.2, -0.15) is 0 Å². The summed E-state index contributed by atoms with van der Waals surface area (Å²) in [5.41, 5.74) is 2.06. The van der Waals surface area contributed by atoms with Crippen molar-refractivity contribution in [1.82, 2.24) is 15.0 Å². The Labute approximate surface area is 164 Å².